The monoisotopic (exact) mass is 306 g/mol. The lowest BCUT2D eigenvalue weighted by Crippen LogP contribution is -2.05. The number of hydrogen-bond donors (Lipinski definition) is 2. The first-order valence-corrected chi connectivity index (χ1v) is 6.49. The summed E-state index contributed by atoms with van der Waals surface area (Å²) in [5.74, 6) is 1.45. The van der Waals surface area contributed by atoms with Crippen LogP contribution in [0.1, 0.15) is 11.3 Å². The number of nitrogens with one attached hydrogen (secondary N) is 2. The van der Waals surface area contributed by atoms with E-state index in [9.17, 15) is 0 Å². The maximum Gasteiger partial charge on any atom is 0.224 e. The quantitative estimate of drug-likeness (QED) is 0.911. The minimum atomic E-state index is 0.629. The normalized spacial score (nSPS) is 10.2. The lowest BCUT2D eigenvalue weighted by molar-refractivity contribution is 1.05. The predicted molar refractivity (Wildman–Crippen MR) is 77.8 cm³/mol. The highest BCUT2D eigenvalue weighted by atomic mass is 79.9. The smallest absolute Gasteiger partial charge is 0.224 e. The van der Waals surface area contributed by atoms with Gasteiger partial charge >= 0.3 is 0 Å². The predicted octanol–water partition coefficient (Wildman–Crippen LogP) is 3.20. The Bertz CT molecular complexity index is 542. The molecule has 0 unspecified atom stereocenters. The Hall–Kier alpha value is -1.62. The van der Waals surface area contributed by atoms with Crippen LogP contribution in [0, 0.1) is 6.92 Å². The largest absolute Gasteiger partial charge is 0.366 e. The first-order valence-electron chi connectivity index (χ1n) is 5.70. The van der Waals surface area contributed by atoms with Gasteiger partial charge in [0.1, 0.15) is 5.82 Å². The van der Waals surface area contributed by atoms with Gasteiger partial charge in [0, 0.05) is 29.8 Å². The van der Waals surface area contributed by atoms with E-state index in [1.807, 2.05) is 38.2 Å². The van der Waals surface area contributed by atoms with Crippen LogP contribution < -0.4 is 10.6 Å². The van der Waals surface area contributed by atoms with Gasteiger partial charge in [0.25, 0.3) is 0 Å². The summed E-state index contributed by atoms with van der Waals surface area (Å²) in [5.41, 5.74) is 2.13. The maximum absolute atomic E-state index is 4.35. The van der Waals surface area contributed by atoms with E-state index in [1.165, 1.54) is 5.56 Å². The lowest BCUT2D eigenvalue weighted by atomic mass is 10.2. The summed E-state index contributed by atoms with van der Waals surface area (Å²) in [5, 5.41) is 6.24. The minimum absolute atomic E-state index is 0.629. The molecule has 18 heavy (non-hydrogen) atoms. The molecule has 0 aliphatic heterocycles. The van der Waals surface area contributed by atoms with E-state index >= 15 is 0 Å². The van der Waals surface area contributed by atoms with Gasteiger partial charge in [-0.15, -0.1) is 0 Å². The summed E-state index contributed by atoms with van der Waals surface area (Å²) in [6, 6.07) is 10.1. The Morgan fingerprint density at radius 1 is 1.22 bits per heavy atom. The third kappa shape index (κ3) is 3.20. The summed E-state index contributed by atoms with van der Waals surface area (Å²) >= 11 is 3.53. The van der Waals surface area contributed by atoms with Crippen LogP contribution in [0.15, 0.2) is 34.8 Å². The number of nitrogens with zero attached hydrogens (tertiary/aromatic N) is 2. The molecule has 0 atom stereocenters. The van der Waals surface area contributed by atoms with Crippen molar-refractivity contribution in [3.05, 3.63) is 46.1 Å². The van der Waals surface area contributed by atoms with Crippen LogP contribution in [0.25, 0.3) is 0 Å². The third-order valence-electron chi connectivity index (χ3n) is 2.50. The first kappa shape index (κ1) is 12.8. The molecule has 94 valence electrons. The zero-order valence-corrected chi connectivity index (χ0v) is 12.0. The highest BCUT2D eigenvalue weighted by Gasteiger charge is 2.02. The van der Waals surface area contributed by atoms with E-state index in [2.05, 4.69) is 42.6 Å². The zero-order valence-electron chi connectivity index (χ0n) is 10.4. The number of halogens is 1. The number of hydrogen-bond acceptors (Lipinski definition) is 4. The summed E-state index contributed by atoms with van der Waals surface area (Å²) in [4.78, 5) is 8.60. The highest BCUT2D eigenvalue weighted by molar-refractivity contribution is 9.10. The molecule has 1 heterocycles. The van der Waals surface area contributed by atoms with Gasteiger partial charge in [0.05, 0.1) is 0 Å². The van der Waals surface area contributed by atoms with Crippen LogP contribution in [0.5, 0.6) is 0 Å². The van der Waals surface area contributed by atoms with Gasteiger partial charge in [-0.05, 0) is 18.6 Å². The van der Waals surface area contributed by atoms with Crippen LogP contribution in [0.4, 0.5) is 11.8 Å². The van der Waals surface area contributed by atoms with Gasteiger partial charge in [-0.1, -0.05) is 34.1 Å². The molecule has 0 aliphatic rings. The molecular formula is C13H15BrN4. The lowest BCUT2D eigenvalue weighted by Gasteiger charge is -2.09. The van der Waals surface area contributed by atoms with Crippen molar-refractivity contribution in [2.45, 2.75) is 13.5 Å². The molecule has 1 aromatic heterocycles. The number of aromatic nitrogens is 2. The molecule has 1 aromatic carbocycles. The van der Waals surface area contributed by atoms with Crippen molar-refractivity contribution in [2.75, 3.05) is 17.7 Å². The van der Waals surface area contributed by atoms with Gasteiger partial charge in [-0.2, -0.15) is 4.98 Å². The van der Waals surface area contributed by atoms with E-state index in [4.69, 9.17) is 0 Å². The van der Waals surface area contributed by atoms with E-state index in [-0.39, 0.29) is 0 Å². The Kier molecular flexibility index (Phi) is 4.15. The second kappa shape index (κ2) is 5.82. The summed E-state index contributed by atoms with van der Waals surface area (Å²) in [6.45, 7) is 2.67. The Morgan fingerprint density at radius 3 is 2.72 bits per heavy atom. The number of rotatable bonds is 4. The Balaban J connectivity index is 2.11. The zero-order chi connectivity index (χ0) is 13.0. The molecular weight excluding hydrogens is 292 g/mol. The fourth-order valence-electron chi connectivity index (χ4n) is 1.60. The average Bonchev–Trinajstić information content (AvgIpc) is 2.37. The van der Waals surface area contributed by atoms with E-state index < -0.39 is 0 Å². The molecule has 0 saturated carbocycles. The fourth-order valence-corrected chi connectivity index (χ4v) is 2.02. The standard InChI is InChI=1S/C13H15BrN4/c1-9-7-12(18-13(15-2)17-9)16-8-10-5-3-4-6-11(10)14/h3-7H,8H2,1-2H3,(H2,15,16,17,18). The number of aryl methyl sites for hydroxylation is 1. The van der Waals surface area contributed by atoms with Crippen molar-refractivity contribution >= 4 is 27.7 Å². The van der Waals surface area contributed by atoms with Crippen molar-refractivity contribution in [3.63, 3.8) is 0 Å². The van der Waals surface area contributed by atoms with Crippen molar-refractivity contribution in [1.29, 1.82) is 0 Å². The van der Waals surface area contributed by atoms with E-state index in [1.54, 1.807) is 0 Å². The molecule has 4 nitrogen and oxygen atoms in total. The molecule has 0 spiro atoms. The van der Waals surface area contributed by atoms with Gasteiger partial charge < -0.3 is 10.6 Å². The van der Waals surface area contributed by atoms with Crippen molar-refractivity contribution in [2.24, 2.45) is 0 Å². The molecule has 0 aliphatic carbocycles. The van der Waals surface area contributed by atoms with Crippen LogP contribution in [-0.4, -0.2) is 17.0 Å². The van der Waals surface area contributed by atoms with Crippen LogP contribution >= 0.6 is 15.9 Å². The second-order valence-electron chi connectivity index (χ2n) is 3.91. The molecule has 2 rings (SSSR count). The average molecular weight is 307 g/mol. The Labute approximate surface area is 115 Å². The molecule has 0 fully saturated rings. The molecule has 5 heteroatoms. The number of benzene rings is 1. The molecule has 2 aromatic rings. The van der Waals surface area contributed by atoms with Crippen molar-refractivity contribution < 1.29 is 0 Å². The fraction of sp³-hybridized carbons (Fsp3) is 0.231. The summed E-state index contributed by atoms with van der Waals surface area (Å²) < 4.78 is 1.09. The SMILES string of the molecule is CNc1nc(C)cc(NCc2ccccc2Br)n1. The second-order valence-corrected chi connectivity index (χ2v) is 4.77. The maximum atomic E-state index is 4.35. The molecule has 2 N–H and O–H groups in total. The van der Waals surface area contributed by atoms with Gasteiger partial charge in [0.15, 0.2) is 0 Å². The number of anilines is 2. The van der Waals surface area contributed by atoms with Crippen LogP contribution in [0.3, 0.4) is 0 Å². The van der Waals surface area contributed by atoms with Gasteiger partial charge in [0.2, 0.25) is 5.95 Å². The van der Waals surface area contributed by atoms with Crippen LogP contribution in [-0.2, 0) is 6.54 Å². The van der Waals surface area contributed by atoms with Gasteiger partial charge in [-0.25, -0.2) is 4.98 Å². The highest BCUT2D eigenvalue weighted by Crippen LogP contribution is 2.17. The Morgan fingerprint density at radius 2 is 2.00 bits per heavy atom. The summed E-state index contributed by atoms with van der Waals surface area (Å²) in [7, 11) is 1.81. The first-order chi connectivity index (χ1) is 8.69. The van der Waals surface area contributed by atoms with Crippen LogP contribution in [0.2, 0.25) is 0 Å². The molecule has 0 saturated heterocycles. The van der Waals surface area contributed by atoms with Crippen molar-refractivity contribution in [3.8, 4) is 0 Å². The van der Waals surface area contributed by atoms with Gasteiger partial charge in [-0.3, -0.25) is 0 Å². The topological polar surface area (TPSA) is 49.8 Å². The minimum Gasteiger partial charge on any atom is -0.366 e. The molecule has 0 bridgehead atoms. The third-order valence-corrected chi connectivity index (χ3v) is 3.27. The molecule has 0 radical (unpaired) electrons. The van der Waals surface area contributed by atoms with E-state index in [0.717, 1.165) is 22.5 Å². The van der Waals surface area contributed by atoms with E-state index in [0.29, 0.717) is 5.95 Å². The van der Waals surface area contributed by atoms with Crippen molar-refractivity contribution in [1.82, 2.24) is 9.97 Å². The summed E-state index contributed by atoms with van der Waals surface area (Å²) in [6.07, 6.45) is 0. The molecule has 0 amide bonds.